The van der Waals surface area contributed by atoms with Gasteiger partial charge >= 0.3 is 0 Å². The highest BCUT2D eigenvalue weighted by molar-refractivity contribution is 5.88. The van der Waals surface area contributed by atoms with Crippen LogP contribution in [0.2, 0.25) is 0 Å². The van der Waals surface area contributed by atoms with Crippen molar-refractivity contribution in [1.82, 2.24) is 0 Å². The Morgan fingerprint density at radius 1 is 0.281 bits per heavy atom. The highest BCUT2D eigenvalue weighted by Crippen LogP contribution is 2.44. The van der Waals surface area contributed by atoms with Crippen molar-refractivity contribution >= 4 is 0 Å². The summed E-state index contributed by atoms with van der Waals surface area (Å²) >= 11 is 0. The Labute approximate surface area is 725 Å². The highest BCUT2D eigenvalue weighted by Gasteiger charge is 2.29. The van der Waals surface area contributed by atoms with E-state index in [9.17, 15) is 0 Å². The summed E-state index contributed by atoms with van der Waals surface area (Å²) < 4.78 is 228. The van der Waals surface area contributed by atoms with Crippen LogP contribution in [-0.2, 0) is 48.0 Å². The van der Waals surface area contributed by atoms with Gasteiger partial charge in [-0.25, -0.2) is 22.8 Å². The number of nitrogens with zero attached hydrogens (tertiary/aromatic N) is 5. The second kappa shape index (κ2) is 39.1. The van der Waals surface area contributed by atoms with Crippen LogP contribution in [0.4, 0.5) is 0 Å². The van der Waals surface area contributed by atoms with Crippen LogP contribution in [0.15, 0.2) is 219 Å². The van der Waals surface area contributed by atoms with Gasteiger partial charge in [0.15, 0.2) is 31.0 Å². The summed E-state index contributed by atoms with van der Waals surface area (Å²) in [7, 11) is 9.14. The van der Waals surface area contributed by atoms with E-state index < -0.39 is 72.5 Å². The smallest absolute Gasteiger partial charge is 0.201 e. The summed E-state index contributed by atoms with van der Waals surface area (Å²) in [6.45, 7) is -4.09. The molecule has 16 rings (SSSR count). The molecule has 0 spiro atoms. The Kier molecular flexibility index (Phi) is 18.8. The van der Waals surface area contributed by atoms with Crippen molar-refractivity contribution in [2.45, 2.75) is 230 Å². The molecule has 4 saturated carbocycles. The summed E-state index contributed by atoms with van der Waals surface area (Å²) in [4.78, 5) is 0. The third-order valence-electron chi connectivity index (χ3n) is 23.2. The Morgan fingerprint density at radius 2 is 0.579 bits per heavy atom. The van der Waals surface area contributed by atoms with Crippen molar-refractivity contribution in [2.24, 2.45) is 47.1 Å². The zero-order valence-electron chi connectivity index (χ0n) is 95.9. The molecule has 4 fully saturated rings. The van der Waals surface area contributed by atoms with Crippen molar-refractivity contribution in [1.29, 1.82) is 0 Å². The van der Waals surface area contributed by atoms with Crippen LogP contribution in [0, 0.1) is 101 Å². The van der Waals surface area contributed by atoms with E-state index in [1.54, 1.807) is 102 Å². The molecular formula is C109H134N5+5. The summed E-state index contributed by atoms with van der Waals surface area (Å²) in [6, 6.07) is 57.1. The molecule has 7 aromatic carbocycles. The zero-order valence-corrected chi connectivity index (χ0v) is 68.9. The largest absolute Gasteiger partial charge is 0.213 e. The van der Waals surface area contributed by atoms with E-state index in [1.165, 1.54) is 25.1 Å². The van der Waals surface area contributed by atoms with Crippen LogP contribution in [0.3, 0.4) is 0 Å². The van der Waals surface area contributed by atoms with Gasteiger partial charge in [-0.15, -0.1) is 0 Å². The van der Waals surface area contributed by atoms with Gasteiger partial charge in [0, 0.05) is 95.2 Å². The molecule has 0 bridgehead atoms. The quantitative estimate of drug-likeness (QED) is 0.103. The number of pyridine rings is 5. The van der Waals surface area contributed by atoms with E-state index in [0.717, 1.165) is 198 Å². The fourth-order valence-corrected chi connectivity index (χ4v) is 17.3. The molecule has 12 aromatic rings. The molecule has 0 unspecified atom stereocenters. The van der Waals surface area contributed by atoms with Crippen molar-refractivity contribution in [3.8, 4) is 78.5 Å². The lowest BCUT2D eigenvalue weighted by atomic mass is 9.80. The second-order valence-corrected chi connectivity index (χ2v) is 31.9. The number of hydrogen-bond donors (Lipinski definition) is 0. The van der Waals surface area contributed by atoms with E-state index >= 15 is 0 Å². The molecule has 5 heteroatoms. The first-order valence-electron chi connectivity index (χ1n) is 54.5. The molecule has 0 radical (unpaired) electrons. The van der Waals surface area contributed by atoms with E-state index in [4.69, 9.17) is 37.0 Å². The molecule has 0 atom stereocenters. The van der Waals surface area contributed by atoms with Gasteiger partial charge in [0.25, 0.3) is 0 Å². The Balaban J connectivity index is 0.000000160. The lowest BCUT2D eigenvalue weighted by molar-refractivity contribution is -0.660. The molecule has 4 aliphatic rings. The Morgan fingerprint density at radius 3 is 0.939 bits per heavy atom. The minimum atomic E-state index is -2.61. The van der Waals surface area contributed by atoms with E-state index in [0.29, 0.717) is 50.2 Å². The predicted octanol–water partition coefficient (Wildman–Crippen LogP) is 25.8. The summed E-state index contributed by atoms with van der Waals surface area (Å²) in [5.41, 5.74) is 21.6. The molecule has 5 nitrogen and oxygen atoms in total. The topological polar surface area (TPSA) is 19.4 Å². The number of aryl methyl sites for hydroxylation is 18. The van der Waals surface area contributed by atoms with Crippen molar-refractivity contribution in [2.75, 3.05) is 0 Å². The number of benzene rings is 7. The van der Waals surface area contributed by atoms with Gasteiger partial charge in [-0.2, -0.15) is 0 Å². The molecule has 0 N–H and O–H groups in total. The Hall–Kier alpha value is -9.71. The fourth-order valence-electron chi connectivity index (χ4n) is 17.3. The van der Waals surface area contributed by atoms with Crippen LogP contribution in [0.25, 0.3) is 78.5 Å². The maximum atomic E-state index is 9.06. The first-order valence-corrected chi connectivity index (χ1v) is 41.0. The standard InChI is InChI=1S/C29H30N.C21H28N.2C20H26N.C19H24N/c1-19-10-13-24(14-11-19)25-16-22(4)28(23(5)17-25)26-9-7-8-21(3)29(26)27-15-12-20(2)18-30(27)6;1-16-12-13-20(22(3)15-16)21-17(2)8-7-11-19(21)14-18-9-5-4-6-10-18;1-15-11-12-19(21(3)14-15)20-16(2)7-6-10-18(20)13-17-8-4-5-9-17;1-15-12-13-19(21(3)14-15)20-16(2)8-7-11-18(20)17-9-5-4-6-10-17;1-14-11-12-18(20(3)13-14)19-15(2)7-6-10-17(19)16-8-4-5-9-16/h7-18H,1-6H3;7-8,11-13,15,18H,4-6,9-10,14H2,1-3H3;6-7,10-12,14,17H,4-5,8-9,13H2,1-3H3;7-8,11-14,17H,4-6,9-10H2,1-3H3;6-7,10-13,16H,4-5,8-9H2,1-3H3/q5*+1/i2D3,4D3,5D3;1D3,14D2;1D3,13D2;1D3,17D;1D3,16D. The first-order chi connectivity index (χ1) is 65.7. The summed E-state index contributed by atoms with van der Waals surface area (Å²) in [5.74, 6) is -1.01. The highest BCUT2D eigenvalue weighted by atomic mass is 14.9. The molecule has 0 amide bonds. The van der Waals surface area contributed by atoms with E-state index in [1.807, 2.05) is 167 Å². The molecule has 5 aromatic heterocycles. The Bertz CT molecular complexity index is 6410. The summed E-state index contributed by atoms with van der Waals surface area (Å²) in [6.07, 6.45) is 23.8. The maximum Gasteiger partial charge on any atom is 0.213 e. The van der Waals surface area contributed by atoms with Gasteiger partial charge in [-0.3, -0.25) is 0 Å². The number of rotatable bonds is 13. The van der Waals surface area contributed by atoms with Crippen molar-refractivity contribution in [3.63, 3.8) is 0 Å². The minimum Gasteiger partial charge on any atom is -0.201 e. The number of aromatic nitrogens is 5. The van der Waals surface area contributed by atoms with Crippen LogP contribution in [0.5, 0.6) is 0 Å². The predicted molar refractivity (Wildman–Crippen MR) is 481 cm³/mol. The lowest BCUT2D eigenvalue weighted by Gasteiger charge is -2.24. The molecule has 0 aliphatic heterocycles. The molecule has 0 saturated heterocycles. The zero-order chi connectivity index (χ0) is 104. The van der Waals surface area contributed by atoms with Crippen LogP contribution >= 0.6 is 0 Å². The number of hydrogen-bond acceptors (Lipinski definition) is 0. The third-order valence-corrected chi connectivity index (χ3v) is 23.2. The van der Waals surface area contributed by atoms with Gasteiger partial charge < -0.3 is 0 Å². The monoisotopic (exact) mass is 1540 g/mol. The molecule has 590 valence electrons. The van der Waals surface area contributed by atoms with Crippen LogP contribution < -0.4 is 22.8 Å². The summed E-state index contributed by atoms with van der Waals surface area (Å²) in [5, 5.41) is 0. The maximum absolute atomic E-state index is 9.06. The fraction of sp³-hybridized carbons (Fsp3) is 0.385. The van der Waals surface area contributed by atoms with E-state index in [2.05, 4.69) is 38.1 Å². The lowest BCUT2D eigenvalue weighted by Crippen LogP contribution is -2.31. The van der Waals surface area contributed by atoms with Gasteiger partial charge in [-0.05, 0) is 265 Å². The molecule has 4 aliphatic carbocycles. The van der Waals surface area contributed by atoms with Crippen LogP contribution in [-0.4, -0.2) is 0 Å². The van der Waals surface area contributed by atoms with Gasteiger partial charge in [0.05, 0.1) is 27.8 Å². The van der Waals surface area contributed by atoms with Crippen molar-refractivity contribution in [3.05, 3.63) is 314 Å². The second-order valence-electron chi connectivity index (χ2n) is 31.9. The molecule has 114 heavy (non-hydrogen) atoms. The van der Waals surface area contributed by atoms with Gasteiger partial charge in [0.1, 0.15) is 35.2 Å². The normalized spacial score (nSPS) is 19.7. The first kappa shape index (κ1) is 55.0. The molecule has 5 heterocycles. The average molecular weight is 1540 g/mol. The average Bonchev–Trinajstić information content (AvgIpc) is 1.59. The third kappa shape index (κ3) is 20.7. The SMILES string of the molecule is [2H]C([2H])([2H])c1ccc(-c2c(C)cccc2-c2c(C([2H])([2H])[2H])cc(-c3ccc(C)cc3)cc2C([2H])([2H])[2H])[n+](C)c1.[2H]C([2H])([2H])c1ccc(-c2c(C)cccc2C([2H])([2H])C2CCCC2)[n+](C)c1.[2H]C([2H])([2H])c1ccc(-c2c(C)cccc2C([2H])([2H])C2CCCCC2)[n+](C)c1.[2H]C([2H])([2H])c1ccc(-c2c(C)cccc2C2([2H])CCCC2)[n+](C)c1.[2H]C([2H])([2H])c1ccc(-c2c(C)cccc2C2([2H])CCCCC2)[n+](C)c1. The van der Waals surface area contributed by atoms with Crippen LogP contribution in [0.1, 0.15) is 259 Å². The molecular weight excluding hydrogens is 1380 g/mol. The van der Waals surface area contributed by atoms with Crippen molar-refractivity contribution < 1.29 is 59.8 Å². The van der Waals surface area contributed by atoms with Gasteiger partial charge in [-0.1, -0.05) is 223 Å². The van der Waals surface area contributed by atoms with E-state index in [-0.39, 0.29) is 39.7 Å². The minimum absolute atomic E-state index is 0.0266. The van der Waals surface area contributed by atoms with Gasteiger partial charge in [0.2, 0.25) is 28.5 Å².